The number of ether oxygens (including phenoxy) is 3. The quantitative estimate of drug-likeness (QED) is 0.319. The van der Waals surface area contributed by atoms with Crippen molar-refractivity contribution in [1.82, 2.24) is 16.0 Å². The van der Waals surface area contributed by atoms with Crippen LogP contribution in [0.4, 0.5) is 11.4 Å². The predicted octanol–water partition coefficient (Wildman–Crippen LogP) is 0.400. The Kier molecular flexibility index (Phi) is 7.76. The van der Waals surface area contributed by atoms with E-state index in [2.05, 4.69) is 26.6 Å². The lowest BCUT2D eigenvalue weighted by Crippen LogP contribution is -2.72. The topological polar surface area (TPSA) is 173 Å². The van der Waals surface area contributed by atoms with Crippen LogP contribution in [0.15, 0.2) is 42.5 Å². The lowest BCUT2D eigenvalue weighted by molar-refractivity contribution is -0.144. The maximum absolute atomic E-state index is 13.3. The van der Waals surface area contributed by atoms with Crippen molar-refractivity contribution in [2.45, 2.75) is 18.9 Å². The number of amides is 3. The molecule has 2 saturated heterocycles. The molecule has 0 aliphatic carbocycles. The predicted molar refractivity (Wildman–Crippen MR) is 133 cm³/mol. The summed E-state index contributed by atoms with van der Waals surface area (Å²) in [6.07, 6.45) is -1.85. The monoisotopic (exact) mass is 525 g/mol. The molecule has 4 rings (SSSR count). The molecule has 38 heavy (non-hydrogen) atoms. The number of benzene rings is 2. The Hall–Kier alpha value is -4.65. The van der Waals surface area contributed by atoms with Crippen LogP contribution in [0.1, 0.15) is 27.1 Å². The number of para-hydroxylation sites is 2. The van der Waals surface area contributed by atoms with Crippen LogP contribution in [-0.4, -0.2) is 63.4 Å². The van der Waals surface area contributed by atoms with Crippen molar-refractivity contribution in [2.24, 2.45) is 11.8 Å². The molecule has 0 radical (unpaired) electrons. The van der Waals surface area contributed by atoms with Crippen LogP contribution in [0, 0.1) is 11.8 Å². The van der Waals surface area contributed by atoms with Gasteiger partial charge in [-0.3, -0.25) is 19.7 Å². The first-order valence-electron chi connectivity index (χ1n) is 11.6. The average Bonchev–Trinajstić information content (AvgIpc) is 2.91. The van der Waals surface area contributed by atoms with Crippen molar-refractivity contribution in [3.05, 3.63) is 53.6 Å². The van der Waals surface area contributed by atoms with Crippen LogP contribution < -0.4 is 31.3 Å². The summed E-state index contributed by atoms with van der Waals surface area (Å²) in [4.78, 5) is 63.1. The molecular formula is C25H27N5O8. The molecule has 0 bridgehead atoms. The Morgan fingerprint density at radius 2 is 1.58 bits per heavy atom. The maximum Gasteiger partial charge on any atom is 0.337 e. The second kappa shape index (κ2) is 11.2. The number of nitrogens with one attached hydrogen (secondary N) is 5. The summed E-state index contributed by atoms with van der Waals surface area (Å²) in [5.41, 5.74) is 0.717. The van der Waals surface area contributed by atoms with E-state index >= 15 is 0 Å². The van der Waals surface area contributed by atoms with Gasteiger partial charge in [-0.05, 0) is 30.3 Å². The number of carbonyl (C=O) groups is 5. The molecule has 0 spiro atoms. The highest BCUT2D eigenvalue weighted by Crippen LogP contribution is 2.30. The molecule has 13 heteroatoms. The van der Waals surface area contributed by atoms with Gasteiger partial charge in [0.15, 0.2) is 6.29 Å². The highest BCUT2D eigenvalue weighted by Gasteiger charge is 2.48. The highest BCUT2D eigenvalue weighted by molar-refractivity contribution is 6.03. The van der Waals surface area contributed by atoms with E-state index < -0.39 is 54.0 Å². The smallest absolute Gasteiger partial charge is 0.337 e. The lowest BCUT2D eigenvalue weighted by atomic mass is 9.81. The minimum atomic E-state index is -1.04. The van der Waals surface area contributed by atoms with Crippen LogP contribution >= 0.6 is 0 Å². The Balaban J connectivity index is 1.54. The number of esters is 2. The number of carbonyl (C=O) groups excluding carboxylic acids is 5. The molecule has 3 amide bonds. The van der Waals surface area contributed by atoms with Gasteiger partial charge in [0.25, 0.3) is 0 Å². The number of rotatable bonds is 7. The summed E-state index contributed by atoms with van der Waals surface area (Å²) in [5, 5.41) is 14.3. The molecule has 13 nitrogen and oxygen atoms in total. The molecule has 2 fully saturated rings. The van der Waals surface area contributed by atoms with E-state index in [0.717, 1.165) is 0 Å². The normalized spacial score (nSPS) is 22.2. The van der Waals surface area contributed by atoms with Gasteiger partial charge >= 0.3 is 11.9 Å². The van der Waals surface area contributed by atoms with Crippen molar-refractivity contribution in [3.8, 4) is 5.75 Å². The van der Waals surface area contributed by atoms with Crippen molar-refractivity contribution in [2.75, 3.05) is 32.0 Å². The molecule has 4 unspecified atom stereocenters. The Morgan fingerprint density at radius 3 is 2.21 bits per heavy atom. The molecule has 4 atom stereocenters. The van der Waals surface area contributed by atoms with Crippen LogP contribution in [0.3, 0.4) is 0 Å². The summed E-state index contributed by atoms with van der Waals surface area (Å²) in [6, 6.07) is 11.0. The lowest BCUT2D eigenvalue weighted by Gasteiger charge is -2.43. The largest absolute Gasteiger partial charge is 0.495 e. The van der Waals surface area contributed by atoms with E-state index in [0.29, 0.717) is 11.4 Å². The first kappa shape index (κ1) is 26.4. The van der Waals surface area contributed by atoms with Crippen LogP contribution in [0.25, 0.3) is 0 Å². The third-order valence-corrected chi connectivity index (χ3v) is 6.24. The number of piperidine rings is 1. The van der Waals surface area contributed by atoms with Crippen LogP contribution in [0.5, 0.6) is 5.75 Å². The summed E-state index contributed by atoms with van der Waals surface area (Å²) >= 11 is 0. The minimum Gasteiger partial charge on any atom is -0.495 e. The van der Waals surface area contributed by atoms with Gasteiger partial charge in [-0.15, -0.1) is 0 Å². The molecule has 2 aliphatic rings. The second-order valence-corrected chi connectivity index (χ2v) is 8.61. The second-order valence-electron chi connectivity index (χ2n) is 8.61. The fourth-order valence-corrected chi connectivity index (χ4v) is 4.48. The Morgan fingerprint density at radius 1 is 0.921 bits per heavy atom. The molecule has 5 N–H and O–H groups in total. The van der Waals surface area contributed by atoms with Crippen LogP contribution in [0.2, 0.25) is 0 Å². The average molecular weight is 526 g/mol. The zero-order chi connectivity index (χ0) is 27.4. The zero-order valence-corrected chi connectivity index (χ0v) is 20.8. The number of methoxy groups -OCH3 is 3. The van der Waals surface area contributed by atoms with Gasteiger partial charge in [0, 0.05) is 12.1 Å². The van der Waals surface area contributed by atoms with Gasteiger partial charge < -0.3 is 35.5 Å². The Labute approximate surface area is 217 Å². The number of hydrogen-bond donors (Lipinski definition) is 5. The minimum absolute atomic E-state index is 0.00676. The van der Waals surface area contributed by atoms with Crippen LogP contribution in [-0.2, 0) is 23.9 Å². The SMILES string of the molecule is COC(=O)c1cc(NC(=O)C2CC(=O)NC3NC(Nc4ccccc4OC)NC(=O)C32)cc(C(=O)OC)c1. The van der Waals surface area contributed by atoms with Crippen molar-refractivity contribution in [3.63, 3.8) is 0 Å². The molecule has 200 valence electrons. The maximum atomic E-state index is 13.3. The summed E-state index contributed by atoms with van der Waals surface area (Å²) in [5.74, 6) is -4.41. The highest BCUT2D eigenvalue weighted by atomic mass is 16.5. The summed E-state index contributed by atoms with van der Waals surface area (Å²) < 4.78 is 14.8. The molecule has 0 saturated carbocycles. The molecule has 0 aromatic heterocycles. The molecule has 2 aliphatic heterocycles. The van der Waals surface area contributed by atoms with E-state index in [1.807, 2.05) is 0 Å². The first-order chi connectivity index (χ1) is 18.2. The third-order valence-electron chi connectivity index (χ3n) is 6.24. The van der Waals surface area contributed by atoms with Crippen molar-refractivity contribution >= 4 is 41.0 Å². The summed E-state index contributed by atoms with van der Waals surface area (Å²) in [6.45, 7) is 0. The van der Waals surface area contributed by atoms with E-state index in [9.17, 15) is 24.0 Å². The fourth-order valence-electron chi connectivity index (χ4n) is 4.48. The third kappa shape index (κ3) is 5.52. The van der Waals surface area contributed by atoms with Gasteiger partial charge in [0.2, 0.25) is 17.7 Å². The van der Waals surface area contributed by atoms with E-state index in [-0.39, 0.29) is 23.2 Å². The van der Waals surface area contributed by atoms with E-state index in [1.54, 1.807) is 24.3 Å². The van der Waals surface area contributed by atoms with Gasteiger partial charge in [-0.2, -0.15) is 0 Å². The summed E-state index contributed by atoms with van der Waals surface area (Å²) in [7, 11) is 3.87. The standard InChI is InChI=1S/C25H27N5O8/c1-36-17-7-5-4-6-16(17)27-25-29-20-19(22(33)30-25)15(11-18(31)28-20)21(32)26-14-9-12(23(34)37-2)8-13(10-14)24(35)38-3/h4-10,15,19-20,25,27,29H,11H2,1-3H3,(H,26,32)(H,28,31)(H,30,33). The fraction of sp³-hybridized carbons (Fsp3) is 0.320. The van der Waals surface area contributed by atoms with E-state index in [4.69, 9.17) is 14.2 Å². The molecule has 2 aromatic carbocycles. The Bertz CT molecular complexity index is 1250. The number of fused-ring (bicyclic) bond motifs is 1. The van der Waals surface area contributed by atoms with E-state index in [1.165, 1.54) is 39.5 Å². The molecular weight excluding hydrogens is 498 g/mol. The molecule has 2 aromatic rings. The zero-order valence-electron chi connectivity index (χ0n) is 20.8. The first-order valence-corrected chi connectivity index (χ1v) is 11.6. The van der Waals surface area contributed by atoms with Gasteiger partial charge in [-0.25, -0.2) is 9.59 Å². The van der Waals surface area contributed by atoms with Gasteiger partial charge in [0.1, 0.15) is 5.75 Å². The van der Waals surface area contributed by atoms with Gasteiger partial charge in [-0.1, -0.05) is 12.1 Å². The van der Waals surface area contributed by atoms with Crippen molar-refractivity contribution < 1.29 is 38.2 Å². The molecule has 2 heterocycles. The number of hydrogen-bond acceptors (Lipinski definition) is 10. The number of anilines is 2. The van der Waals surface area contributed by atoms with Crippen molar-refractivity contribution in [1.29, 1.82) is 0 Å². The van der Waals surface area contributed by atoms with Gasteiger partial charge in [0.05, 0.1) is 56.1 Å².